The van der Waals surface area contributed by atoms with Crippen molar-refractivity contribution in [2.75, 3.05) is 5.32 Å². The summed E-state index contributed by atoms with van der Waals surface area (Å²) >= 11 is 0. The SMILES string of the molecule is CC(C)NC(=O)C(C)Nc1cccc2nccn12. The van der Waals surface area contributed by atoms with Crippen LogP contribution >= 0.6 is 0 Å². The fraction of sp³-hybridized carbons (Fsp3) is 0.385. The number of nitrogens with zero attached hydrogens (tertiary/aromatic N) is 2. The number of nitrogens with one attached hydrogen (secondary N) is 2. The van der Waals surface area contributed by atoms with Crippen molar-refractivity contribution in [1.29, 1.82) is 0 Å². The number of imidazole rings is 1. The Morgan fingerprint density at radius 2 is 2.11 bits per heavy atom. The molecule has 2 N–H and O–H groups in total. The Hall–Kier alpha value is -2.04. The number of aromatic nitrogens is 2. The Bertz CT molecular complexity index is 547. The summed E-state index contributed by atoms with van der Waals surface area (Å²) in [4.78, 5) is 16.0. The second kappa shape index (κ2) is 5.08. The quantitative estimate of drug-likeness (QED) is 0.862. The second-order valence-electron chi connectivity index (χ2n) is 4.60. The van der Waals surface area contributed by atoms with E-state index in [1.807, 2.05) is 49.6 Å². The molecule has 0 aliphatic carbocycles. The molecule has 0 saturated heterocycles. The minimum Gasteiger partial charge on any atom is -0.360 e. The molecule has 1 atom stereocenters. The van der Waals surface area contributed by atoms with Gasteiger partial charge < -0.3 is 10.6 Å². The highest BCUT2D eigenvalue weighted by molar-refractivity contribution is 5.84. The largest absolute Gasteiger partial charge is 0.360 e. The number of carbonyl (C=O) groups excluding carboxylic acids is 1. The molecule has 18 heavy (non-hydrogen) atoms. The van der Waals surface area contributed by atoms with Crippen LogP contribution in [-0.4, -0.2) is 27.4 Å². The van der Waals surface area contributed by atoms with E-state index in [0.29, 0.717) is 0 Å². The van der Waals surface area contributed by atoms with Crippen LogP contribution in [0.2, 0.25) is 0 Å². The fourth-order valence-corrected chi connectivity index (χ4v) is 1.76. The number of amides is 1. The van der Waals surface area contributed by atoms with Gasteiger partial charge in [0.15, 0.2) is 0 Å². The molecule has 0 spiro atoms. The maximum absolute atomic E-state index is 11.8. The van der Waals surface area contributed by atoms with Gasteiger partial charge in [0.25, 0.3) is 0 Å². The highest BCUT2D eigenvalue weighted by Gasteiger charge is 2.14. The molecule has 0 saturated carbocycles. The first-order valence-corrected chi connectivity index (χ1v) is 6.07. The number of anilines is 1. The van der Waals surface area contributed by atoms with Crippen molar-refractivity contribution in [1.82, 2.24) is 14.7 Å². The molecule has 0 aromatic carbocycles. The van der Waals surface area contributed by atoms with E-state index in [9.17, 15) is 4.79 Å². The molecule has 2 aromatic heterocycles. The Labute approximate surface area is 106 Å². The van der Waals surface area contributed by atoms with Gasteiger partial charge in [0, 0.05) is 18.4 Å². The third-order valence-electron chi connectivity index (χ3n) is 2.62. The summed E-state index contributed by atoms with van der Waals surface area (Å²) in [6.45, 7) is 5.73. The monoisotopic (exact) mass is 246 g/mol. The van der Waals surface area contributed by atoms with Crippen molar-refractivity contribution in [2.45, 2.75) is 32.9 Å². The van der Waals surface area contributed by atoms with Crippen molar-refractivity contribution in [3.05, 3.63) is 30.6 Å². The average Bonchev–Trinajstić information content (AvgIpc) is 2.77. The minimum atomic E-state index is -0.291. The average molecular weight is 246 g/mol. The zero-order chi connectivity index (χ0) is 13.1. The molecule has 0 aliphatic heterocycles. The molecular weight excluding hydrogens is 228 g/mol. The van der Waals surface area contributed by atoms with Crippen LogP contribution in [0.5, 0.6) is 0 Å². The van der Waals surface area contributed by atoms with Crippen molar-refractivity contribution < 1.29 is 4.79 Å². The first-order chi connectivity index (χ1) is 8.58. The van der Waals surface area contributed by atoms with Gasteiger partial charge in [0.2, 0.25) is 5.91 Å². The standard InChI is InChI=1S/C13H18N4O/c1-9(2)15-13(18)10(3)16-12-6-4-5-11-14-7-8-17(11)12/h4-10,16H,1-3H3,(H,15,18). The Morgan fingerprint density at radius 1 is 1.33 bits per heavy atom. The summed E-state index contributed by atoms with van der Waals surface area (Å²) in [7, 11) is 0. The van der Waals surface area contributed by atoms with E-state index < -0.39 is 0 Å². The van der Waals surface area contributed by atoms with Gasteiger partial charge in [0.1, 0.15) is 17.5 Å². The number of carbonyl (C=O) groups is 1. The Kier molecular flexibility index (Phi) is 3.50. The van der Waals surface area contributed by atoms with Gasteiger partial charge in [-0.15, -0.1) is 0 Å². The molecule has 2 aromatic rings. The molecule has 1 unspecified atom stereocenters. The summed E-state index contributed by atoms with van der Waals surface area (Å²) in [6.07, 6.45) is 3.60. The first-order valence-electron chi connectivity index (χ1n) is 6.07. The van der Waals surface area contributed by atoms with Crippen molar-refractivity contribution >= 4 is 17.4 Å². The van der Waals surface area contributed by atoms with Crippen molar-refractivity contribution in [3.8, 4) is 0 Å². The third kappa shape index (κ3) is 2.61. The molecule has 0 bridgehead atoms. The van der Waals surface area contributed by atoms with Gasteiger partial charge in [-0.1, -0.05) is 6.07 Å². The van der Waals surface area contributed by atoms with E-state index in [4.69, 9.17) is 0 Å². The number of hydrogen-bond acceptors (Lipinski definition) is 3. The molecule has 0 fully saturated rings. The molecule has 2 heterocycles. The summed E-state index contributed by atoms with van der Waals surface area (Å²) < 4.78 is 1.92. The molecule has 2 rings (SSSR count). The predicted molar refractivity (Wildman–Crippen MR) is 71.6 cm³/mol. The fourth-order valence-electron chi connectivity index (χ4n) is 1.76. The van der Waals surface area contributed by atoms with E-state index >= 15 is 0 Å². The van der Waals surface area contributed by atoms with E-state index in [1.54, 1.807) is 6.20 Å². The molecular formula is C13H18N4O. The van der Waals surface area contributed by atoms with Crippen LogP contribution in [0, 0.1) is 0 Å². The van der Waals surface area contributed by atoms with Crippen LogP contribution in [0.15, 0.2) is 30.6 Å². The Balaban J connectivity index is 2.13. The lowest BCUT2D eigenvalue weighted by molar-refractivity contribution is -0.122. The highest BCUT2D eigenvalue weighted by Crippen LogP contribution is 2.12. The van der Waals surface area contributed by atoms with Crippen molar-refractivity contribution in [2.24, 2.45) is 0 Å². The lowest BCUT2D eigenvalue weighted by atomic mass is 10.2. The normalized spacial score (nSPS) is 12.7. The lowest BCUT2D eigenvalue weighted by Gasteiger charge is -2.17. The van der Waals surface area contributed by atoms with Crippen LogP contribution in [0.25, 0.3) is 5.65 Å². The van der Waals surface area contributed by atoms with Crippen molar-refractivity contribution in [3.63, 3.8) is 0 Å². The number of fused-ring (bicyclic) bond motifs is 1. The molecule has 0 radical (unpaired) electrons. The maximum Gasteiger partial charge on any atom is 0.242 e. The lowest BCUT2D eigenvalue weighted by Crippen LogP contribution is -2.41. The first kappa shape index (κ1) is 12.4. The van der Waals surface area contributed by atoms with Crippen LogP contribution in [0.3, 0.4) is 0 Å². The van der Waals surface area contributed by atoms with Crippen LogP contribution in [0.1, 0.15) is 20.8 Å². The second-order valence-corrected chi connectivity index (χ2v) is 4.60. The topological polar surface area (TPSA) is 58.4 Å². The van der Waals surface area contributed by atoms with Crippen LogP contribution in [0.4, 0.5) is 5.82 Å². The molecule has 5 nitrogen and oxygen atoms in total. The van der Waals surface area contributed by atoms with E-state index in [0.717, 1.165) is 11.5 Å². The maximum atomic E-state index is 11.8. The summed E-state index contributed by atoms with van der Waals surface area (Å²) in [5.41, 5.74) is 0.858. The van der Waals surface area contributed by atoms with Gasteiger partial charge in [-0.2, -0.15) is 0 Å². The van der Waals surface area contributed by atoms with Gasteiger partial charge in [-0.05, 0) is 32.9 Å². The van der Waals surface area contributed by atoms with E-state index in [1.165, 1.54) is 0 Å². The summed E-state index contributed by atoms with van der Waals surface area (Å²) in [5, 5.41) is 6.07. The number of pyridine rings is 1. The smallest absolute Gasteiger partial charge is 0.242 e. The van der Waals surface area contributed by atoms with Gasteiger partial charge in [0.05, 0.1) is 0 Å². The minimum absolute atomic E-state index is 0.0119. The molecule has 96 valence electrons. The van der Waals surface area contributed by atoms with Crippen LogP contribution < -0.4 is 10.6 Å². The highest BCUT2D eigenvalue weighted by atomic mass is 16.2. The van der Waals surface area contributed by atoms with Gasteiger partial charge in [-0.3, -0.25) is 9.20 Å². The summed E-state index contributed by atoms with van der Waals surface area (Å²) in [5.74, 6) is 0.846. The molecule has 5 heteroatoms. The zero-order valence-electron chi connectivity index (χ0n) is 10.8. The van der Waals surface area contributed by atoms with E-state index in [2.05, 4.69) is 15.6 Å². The number of hydrogen-bond donors (Lipinski definition) is 2. The Morgan fingerprint density at radius 3 is 2.83 bits per heavy atom. The van der Waals surface area contributed by atoms with Gasteiger partial charge in [-0.25, -0.2) is 4.98 Å². The number of rotatable bonds is 4. The van der Waals surface area contributed by atoms with Crippen LogP contribution in [-0.2, 0) is 4.79 Å². The third-order valence-corrected chi connectivity index (χ3v) is 2.62. The van der Waals surface area contributed by atoms with E-state index in [-0.39, 0.29) is 18.0 Å². The molecule has 0 aliphatic rings. The predicted octanol–water partition coefficient (Wildman–Crippen LogP) is 1.66. The zero-order valence-corrected chi connectivity index (χ0v) is 10.8. The molecule has 1 amide bonds. The summed E-state index contributed by atoms with van der Waals surface area (Å²) in [6, 6.07) is 5.61. The van der Waals surface area contributed by atoms with Gasteiger partial charge >= 0.3 is 0 Å².